The molecule has 8 heteroatoms. The van der Waals surface area contributed by atoms with Gasteiger partial charge in [0.25, 0.3) is 11.6 Å². The minimum atomic E-state index is -0.479. The van der Waals surface area contributed by atoms with Gasteiger partial charge in [-0.15, -0.1) is 11.3 Å². The molecule has 7 nitrogen and oxygen atoms in total. The molecular weight excluding hydrogens is 292 g/mol. The lowest BCUT2D eigenvalue weighted by Gasteiger charge is -2.12. The highest BCUT2D eigenvalue weighted by molar-refractivity contribution is 7.07. The fourth-order valence-corrected chi connectivity index (χ4v) is 2.30. The molecule has 1 amide bonds. The molecule has 0 aliphatic carbocycles. The number of rotatable bonds is 5. The number of nitrogens with one attached hydrogen (secondary N) is 1. The first-order valence-corrected chi connectivity index (χ1v) is 7.04. The zero-order valence-corrected chi connectivity index (χ0v) is 12.4. The predicted molar refractivity (Wildman–Crippen MR) is 80.6 cm³/mol. The number of hydrogen-bond acceptors (Lipinski definition) is 6. The number of aromatic nitrogens is 1. The Morgan fingerprint density at radius 1 is 1.48 bits per heavy atom. The molecule has 0 saturated carbocycles. The van der Waals surface area contributed by atoms with Gasteiger partial charge in [-0.2, -0.15) is 0 Å². The van der Waals surface area contributed by atoms with Gasteiger partial charge in [-0.1, -0.05) is 0 Å². The Kier molecular flexibility index (Phi) is 4.49. The minimum Gasteiger partial charge on any atom is -0.374 e. The molecule has 0 fully saturated rings. The van der Waals surface area contributed by atoms with Crippen molar-refractivity contribution in [2.45, 2.75) is 6.54 Å². The van der Waals surface area contributed by atoms with Gasteiger partial charge in [-0.3, -0.25) is 14.9 Å². The summed E-state index contributed by atoms with van der Waals surface area (Å²) in [5, 5.41) is 15.9. The lowest BCUT2D eigenvalue weighted by atomic mass is 10.1. The number of benzene rings is 1. The topological polar surface area (TPSA) is 88.4 Å². The second-order valence-electron chi connectivity index (χ2n) is 4.52. The van der Waals surface area contributed by atoms with Gasteiger partial charge in [0.15, 0.2) is 0 Å². The van der Waals surface area contributed by atoms with E-state index >= 15 is 0 Å². The maximum atomic E-state index is 11.9. The Hall–Kier alpha value is -2.48. The van der Waals surface area contributed by atoms with E-state index in [1.165, 1.54) is 34.4 Å². The summed E-state index contributed by atoms with van der Waals surface area (Å²) in [6, 6.07) is 4.28. The molecule has 0 spiro atoms. The average Bonchev–Trinajstić information content (AvgIpc) is 2.97. The van der Waals surface area contributed by atoms with E-state index in [1.807, 2.05) is 5.38 Å². The minimum absolute atomic E-state index is 0.0689. The van der Waals surface area contributed by atoms with Crippen molar-refractivity contribution in [1.29, 1.82) is 0 Å². The van der Waals surface area contributed by atoms with Crippen LogP contribution in [0.3, 0.4) is 0 Å². The summed E-state index contributed by atoms with van der Waals surface area (Å²) < 4.78 is 0. The number of carbonyl (C=O) groups is 1. The molecule has 0 saturated heterocycles. The molecule has 0 atom stereocenters. The van der Waals surface area contributed by atoms with Crippen molar-refractivity contribution < 1.29 is 9.72 Å². The SMILES string of the molecule is CN(C)C(=O)c1ccc([N+](=O)[O-])c(NCc2cscn2)c1. The molecule has 2 rings (SSSR count). The van der Waals surface area contributed by atoms with Crippen molar-refractivity contribution >= 4 is 28.6 Å². The molecule has 0 bridgehead atoms. The van der Waals surface area contributed by atoms with E-state index in [1.54, 1.807) is 19.6 Å². The van der Waals surface area contributed by atoms with Crippen molar-refractivity contribution in [1.82, 2.24) is 9.88 Å². The fraction of sp³-hybridized carbons (Fsp3) is 0.231. The average molecular weight is 306 g/mol. The predicted octanol–water partition coefficient (Wildman–Crippen LogP) is 2.37. The lowest BCUT2D eigenvalue weighted by molar-refractivity contribution is -0.384. The van der Waals surface area contributed by atoms with E-state index in [0.717, 1.165) is 5.69 Å². The van der Waals surface area contributed by atoms with Gasteiger partial charge in [0, 0.05) is 31.1 Å². The molecule has 1 aromatic heterocycles. The van der Waals surface area contributed by atoms with Crippen LogP contribution >= 0.6 is 11.3 Å². The first-order valence-electron chi connectivity index (χ1n) is 6.10. The summed E-state index contributed by atoms with van der Waals surface area (Å²) in [4.78, 5) is 28.0. The first kappa shape index (κ1) is 14.9. The smallest absolute Gasteiger partial charge is 0.292 e. The number of nitrogens with zero attached hydrogens (tertiary/aromatic N) is 3. The van der Waals surface area contributed by atoms with Crippen molar-refractivity contribution in [3.05, 3.63) is 50.5 Å². The van der Waals surface area contributed by atoms with E-state index in [-0.39, 0.29) is 11.6 Å². The Bertz CT molecular complexity index is 655. The second-order valence-corrected chi connectivity index (χ2v) is 5.24. The summed E-state index contributed by atoms with van der Waals surface area (Å²) in [5.74, 6) is -0.207. The molecule has 0 unspecified atom stereocenters. The quantitative estimate of drug-likeness (QED) is 0.676. The third-order valence-corrected chi connectivity index (χ3v) is 3.43. The maximum Gasteiger partial charge on any atom is 0.292 e. The van der Waals surface area contributed by atoms with Crippen LogP contribution in [0.4, 0.5) is 11.4 Å². The van der Waals surface area contributed by atoms with Crippen molar-refractivity contribution in [3.8, 4) is 0 Å². The van der Waals surface area contributed by atoms with Crippen LogP contribution in [-0.2, 0) is 6.54 Å². The van der Waals surface area contributed by atoms with Crippen molar-refractivity contribution in [2.24, 2.45) is 0 Å². The van der Waals surface area contributed by atoms with Crippen LogP contribution in [0.2, 0.25) is 0 Å². The third kappa shape index (κ3) is 3.54. The molecule has 1 heterocycles. The molecular formula is C13H14N4O3S. The van der Waals surface area contributed by atoms with Crippen molar-refractivity contribution in [2.75, 3.05) is 19.4 Å². The van der Waals surface area contributed by atoms with Gasteiger partial charge >= 0.3 is 0 Å². The number of anilines is 1. The maximum absolute atomic E-state index is 11.9. The molecule has 21 heavy (non-hydrogen) atoms. The summed E-state index contributed by atoms with van der Waals surface area (Å²) in [7, 11) is 3.26. The molecule has 0 radical (unpaired) electrons. The van der Waals surface area contributed by atoms with Crippen LogP contribution in [0.1, 0.15) is 16.1 Å². The number of carbonyl (C=O) groups excluding carboxylic acids is 1. The molecule has 1 aromatic carbocycles. The number of nitro groups is 1. The van der Waals surface area contributed by atoms with Crippen LogP contribution in [-0.4, -0.2) is 34.8 Å². The number of thiazole rings is 1. The highest BCUT2D eigenvalue weighted by Gasteiger charge is 2.17. The largest absolute Gasteiger partial charge is 0.374 e. The van der Waals surface area contributed by atoms with Crippen LogP contribution in [0, 0.1) is 10.1 Å². The highest BCUT2D eigenvalue weighted by Crippen LogP contribution is 2.26. The van der Waals surface area contributed by atoms with E-state index in [4.69, 9.17) is 0 Å². The molecule has 110 valence electrons. The summed E-state index contributed by atoms with van der Waals surface area (Å²) in [6.07, 6.45) is 0. The highest BCUT2D eigenvalue weighted by atomic mass is 32.1. The van der Waals surface area contributed by atoms with E-state index in [0.29, 0.717) is 17.8 Å². The van der Waals surface area contributed by atoms with Crippen molar-refractivity contribution in [3.63, 3.8) is 0 Å². The first-order chi connectivity index (χ1) is 9.99. The second kappa shape index (κ2) is 6.31. The fourth-order valence-electron chi connectivity index (χ4n) is 1.74. The Morgan fingerprint density at radius 2 is 2.24 bits per heavy atom. The number of amides is 1. The van der Waals surface area contributed by atoms with E-state index in [2.05, 4.69) is 10.3 Å². The molecule has 0 aliphatic rings. The van der Waals surface area contributed by atoms with Gasteiger partial charge in [0.2, 0.25) is 0 Å². The monoisotopic (exact) mass is 306 g/mol. The van der Waals surface area contributed by atoms with Gasteiger partial charge in [-0.05, 0) is 12.1 Å². The standard InChI is InChI=1S/C13H14N4O3S/c1-16(2)13(18)9-3-4-12(17(19)20)11(5-9)14-6-10-7-21-8-15-10/h3-5,7-8,14H,6H2,1-2H3. The van der Waals surface area contributed by atoms with Gasteiger partial charge in [0.05, 0.1) is 22.7 Å². The van der Waals surface area contributed by atoms with Crippen LogP contribution in [0.25, 0.3) is 0 Å². The van der Waals surface area contributed by atoms with Crippen LogP contribution < -0.4 is 5.32 Å². The van der Waals surface area contributed by atoms with Crippen LogP contribution in [0.5, 0.6) is 0 Å². The van der Waals surface area contributed by atoms with Gasteiger partial charge in [-0.25, -0.2) is 4.98 Å². The summed E-state index contributed by atoms with van der Waals surface area (Å²) in [6.45, 7) is 0.365. The molecule has 2 aromatic rings. The third-order valence-electron chi connectivity index (χ3n) is 2.79. The number of hydrogen-bond donors (Lipinski definition) is 1. The molecule has 0 aliphatic heterocycles. The Balaban J connectivity index is 2.28. The zero-order valence-electron chi connectivity index (χ0n) is 11.6. The zero-order chi connectivity index (χ0) is 15.4. The Morgan fingerprint density at radius 3 is 2.81 bits per heavy atom. The van der Waals surface area contributed by atoms with Gasteiger partial charge < -0.3 is 10.2 Å². The van der Waals surface area contributed by atoms with E-state index < -0.39 is 4.92 Å². The van der Waals surface area contributed by atoms with Gasteiger partial charge in [0.1, 0.15) is 5.69 Å². The summed E-state index contributed by atoms with van der Waals surface area (Å²) in [5.41, 5.74) is 3.11. The lowest BCUT2D eigenvalue weighted by Crippen LogP contribution is -2.21. The normalized spacial score (nSPS) is 10.2. The van der Waals surface area contributed by atoms with E-state index in [9.17, 15) is 14.9 Å². The molecule has 1 N–H and O–H groups in total. The van der Waals surface area contributed by atoms with Crippen LogP contribution in [0.15, 0.2) is 29.1 Å². The number of nitro benzene ring substituents is 1. The summed E-state index contributed by atoms with van der Waals surface area (Å²) >= 11 is 1.45. The Labute approximate surface area is 125 Å².